The fraction of sp³-hybridized carbons (Fsp3) is 0.419. The second-order valence-corrected chi connectivity index (χ2v) is 15.6. The van der Waals surface area contributed by atoms with Crippen LogP contribution in [0, 0.1) is 11.3 Å². The summed E-state index contributed by atoms with van der Waals surface area (Å²) in [6.07, 6.45) is 0.913. The zero-order valence-electron chi connectivity index (χ0n) is 25.3. The second kappa shape index (κ2) is 11.4. The van der Waals surface area contributed by atoms with Crippen LogP contribution in [0.5, 0.6) is 5.75 Å². The first-order valence-electron chi connectivity index (χ1n) is 13.7. The van der Waals surface area contributed by atoms with Crippen molar-refractivity contribution in [3.8, 4) is 23.1 Å². The number of aromatic nitrogens is 2. The van der Waals surface area contributed by atoms with Crippen molar-refractivity contribution in [3.05, 3.63) is 53.7 Å². The molecule has 0 aliphatic carbocycles. The maximum atomic E-state index is 13.1. The highest BCUT2D eigenvalue weighted by molar-refractivity contribution is 7.70. The average Bonchev–Trinajstić information content (AvgIpc) is 3.21. The molecule has 0 saturated carbocycles. The number of carbonyl (C=O) groups excluding carboxylic acids is 1. The van der Waals surface area contributed by atoms with E-state index < -0.39 is 24.3 Å². The average molecular weight is 592 g/mol. The summed E-state index contributed by atoms with van der Waals surface area (Å²) in [5.41, 5.74) is 1.61. The number of ether oxygens (including phenoxy) is 2. The summed E-state index contributed by atoms with van der Waals surface area (Å²) >= 11 is 0. The van der Waals surface area contributed by atoms with Gasteiger partial charge in [-0.2, -0.15) is 5.26 Å². The van der Waals surface area contributed by atoms with Crippen LogP contribution in [0.15, 0.2) is 42.6 Å². The SMILES string of the molecule is CC(C)Oc1cc(P(C)(C)=O)ccc1Nc1nccc(-c2cc(C#N)c3c(c2)[C@@](C)(CO)CN3C(=O)OC(C)(C)C)n1. The summed E-state index contributed by atoms with van der Waals surface area (Å²) in [4.78, 5) is 23.6. The van der Waals surface area contributed by atoms with Gasteiger partial charge >= 0.3 is 6.09 Å². The molecule has 0 saturated heterocycles. The van der Waals surface area contributed by atoms with Crippen molar-refractivity contribution in [1.82, 2.24) is 9.97 Å². The number of carbonyl (C=O) groups is 1. The van der Waals surface area contributed by atoms with Crippen molar-refractivity contribution in [2.45, 2.75) is 58.7 Å². The first-order chi connectivity index (χ1) is 19.5. The third-order valence-corrected chi connectivity index (χ3v) is 8.29. The summed E-state index contributed by atoms with van der Waals surface area (Å²) in [5.74, 6) is 0.829. The van der Waals surface area contributed by atoms with E-state index in [1.807, 2.05) is 26.8 Å². The number of anilines is 3. The highest BCUT2D eigenvalue weighted by atomic mass is 31.2. The van der Waals surface area contributed by atoms with Crippen LogP contribution in [-0.2, 0) is 14.7 Å². The highest BCUT2D eigenvalue weighted by Crippen LogP contribution is 2.45. The molecular weight excluding hydrogens is 553 g/mol. The van der Waals surface area contributed by atoms with Crippen molar-refractivity contribution in [3.63, 3.8) is 0 Å². The molecule has 2 N–H and O–H groups in total. The molecule has 0 radical (unpaired) electrons. The van der Waals surface area contributed by atoms with Gasteiger partial charge in [0.05, 0.1) is 35.3 Å². The fourth-order valence-electron chi connectivity index (χ4n) is 4.74. The molecule has 10 nitrogen and oxygen atoms in total. The molecule has 11 heteroatoms. The smallest absolute Gasteiger partial charge is 0.414 e. The van der Waals surface area contributed by atoms with Crippen LogP contribution in [0.2, 0.25) is 0 Å². The first kappa shape index (κ1) is 31.0. The second-order valence-electron chi connectivity index (χ2n) is 12.4. The van der Waals surface area contributed by atoms with Gasteiger partial charge in [-0.1, -0.05) is 6.92 Å². The van der Waals surface area contributed by atoms with Crippen LogP contribution < -0.4 is 20.3 Å². The van der Waals surface area contributed by atoms with E-state index >= 15 is 0 Å². The molecule has 1 aliphatic heterocycles. The van der Waals surface area contributed by atoms with Crippen LogP contribution in [0.25, 0.3) is 11.3 Å². The quantitative estimate of drug-likeness (QED) is 0.327. The minimum Gasteiger partial charge on any atom is -0.489 e. The van der Waals surface area contributed by atoms with Gasteiger partial charge in [-0.25, -0.2) is 14.8 Å². The zero-order chi connectivity index (χ0) is 31.0. The van der Waals surface area contributed by atoms with Gasteiger partial charge in [0.1, 0.15) is 24.6 Å². The van der Waals surface area contributed by atoms with Crippen molar-refractivity contribution >= 4 is 35.9 Å². The molecule has 2 aromatic carbocycles. The Morgan fingerprint density at radius 2 is 1.95 bits per heavy atom. The maximum absolute atomic E-state index is 13.1. The molecule has 42 heavy (non-hydrogen) atoms. The van der Waals surface area contributed by atoms with E-state index in [0.29, 0.717) is 45.2 Å². The van der Waals surface area contributed by atoms with E-state index in [9.17, 15) is 19.7 Å². The Balaban J connectivity index is 1.75. The van der Waals surface area contributed by atoms with Gasteiger partial charge in [-0.3, -0.25) is 4.90 Å². The fourth-order valence-corrected chi connectivity index (χ4v) is 5.60. The number of aliphatic hydroxyl groups is 1. The minimum absolute atomic E-state index is 0.113. The third kappa shape index (κ3) is 6.59. The lowest BCUT2D eigenvalue weighted by Gasteiger charge is -2.26. The summed E-state index contributed by atoms with van der Waals surface area (Å²) in [6.45, 7) is 14.4. The van der Waals surface area contributed by atoms with E-state index in [4.69, 9.17) is 14.5 Å². The Kier molecular flexibility index (Phi) is 8.41. The lowest BCUT2D eigenvalue weighted by Crippen LogP contribution is -2.40. The number of nitrogens with one attached hydrogen (secondary N) is 1. The number of benzene rings is 2. The standard InChI is InChI=1S/C31H38N5O5P/c1-19(2)40-26-15-22(42(7,8)39)9-10-25(26)35-28-33-12-11-24(34-28)20-13-21(16-32)27-23(14-20)31(6,18-37)17-36(27)29(38)41-30(3,4)5/h9-15,19,37H,17-18H2,1-8H3,(H,33,34,35)/t31-/m1/s1. The van der Waals surface area contributed by atoms with Gasteiger partial charge < -0.3 is 24.5 Å². The Morgan fingerprint density at radius 3 is 2.55 bits per heavy atom. The molecule has 2 heterocycles. The monoisotopic (exact) mass is 591 g/mol. The molecule has 1 atom stereocenters. The summed E-state index contributed by atoms with van der Waals surface area (Å²) in [7, 11) is -2.50. The Hall–Kier alpha value is -3.93. The lowest BCUT2D eigenvalue weighted by atomic mass is 9.83. The predicted octanol–water partition coefficient (Wildman–Crippen LogP) is 5.80. The number of rotatable bonds is 7. The Bertz CT molecular complexity index is 1600. The molecule has 4 rings (SSSR count). The number of nitrogens with zero attached hydrogens (tertiary/aromatic N) is 4. The predicted molar refractivity (Wildman–Crippen MR) is 165 cm³/mol. The van der Waals surface area contributed by atoms with Gasteiger partial charge in [0.15, 0.2) is 0 Å². The van der Waals surface area contributed by atoms with Crippen LogP contribution in [0.1, 0.15) is 52.7 Å². The zero-order valence-corrected chi connectivity index (χ0v) is 26.2. The normalized spacial score (nSPS) is 16.6. The molecule has 0 unspecified atom stereocenters. The minimum atomic E-state index is -2.50. The number of fused-ring (bicyclic) bond motifs is 1. The van der Waals surface area contributed by atoms with Gasteiger partial charge in [0.2, 0.25) is 5.95 Å². The van der Waals surface area contributed by atoms with Gasteiger partial charge in [-0.05, 0) is 89.9 Å². The van der Waals surface area contributed by atoms with Crippen LogP contribution in [-0.4, -0.2) is 59.4 Å². The summed E-state index contributed by atoms with van der Waals surface area (Å²) in [5, 5.41) is 24.4. The van der Waals surface area contributed by atoms with Crippen LogP contribution >= 0.6 is 7.14 Å². The molecule has 0 bridgehead atoms. The van der Waals surface area contributed by atoms with Gasteiger partial charge in [0, 0.05) is 29.0 Å². The van der Waals surface area contributed by atoms with E-state index in [0.717, 1.165) is 0 Å². The van der Waals surface area contributed by atoms with Crippen molar-refractivity contribution in [2.24, 2.45) is 0 Å². The molecule has 0 fully saturated rings. The van der Waals surface area contributed by atoms with E-state index in [1.54, 1.807) is 70.6 Å². The first-order valence-corrected chi connectivity index (χ1v) is 16.3. The van der Waals surface area contributed by atoms with E-state index in [-0.39, 0.29) is 24.8 Å². The number of hydrogen-bond donors (Lipinski definition) is 2. The lowest BCUT2D eigenvalue weighted by molar-refractivity contribution is 0.0575. The molecule has 0 spiro atoms. The van der Waals surface area contributed by atoms with Crippen molar-refractivity contribution in [1.29, 1.82) is 5.26 Å². The molecule has 222 valence electrons. The topological polar surface area (TPSA) is 138 Å². The van der Waals surface area contributed by atoms with Gasteiger partial charge in [0.25, 0.3) is 0 Å². The molecule has 1 aromatic heterocycles. The van der Waals surface area contributed by atoms with Crippen LogP contribution in [0.3, 0.4) is 0 Å². The molecule has 1 aliphatic rings. The number of amides is 1. The van der Waals surface area contributed by atoms with Crippen molar-refractivity contribution in [2.75, 3.05) is 36.7 Å². The molecule has 3 aromatic rings. The number of aliphatic hydroxyl groups excluding tert-OH is 1. The highest BCUT2D eigenvalue weighted by Gasteiger charge is 2.44. The van der Waals surface area contributed by atoms with E-state index in [1.165, 1.54) is 4.90 Å². The Morgan fingerprint density at radius 1 is 1.24 bits per heavy atom. The van der Waals surface area contributed by atoms with Crippen LogP contribution in [0.4, 0.5) is 22.1 Å². The summed E-state index contributed by atoms with van der Waals surface area (Å²) < 4.78 is 24.3. The largest absolute Gasteiger partial charge is 0.489 e. The molecular formula is C31H38N5O5P. The van der Waals surface area contributed by atoms with Gasteiger partial charge in [-0.15, -0.1) is 0 Å². The third-order valence-electron chi connectivity index (χ3n) is 6.77. The van der Waals surface area contributed by atoms with E-state index in [2.05, 4.69) is 16.4 Å². The van der Waals surface area contributed by atoms with Crippen molar-refractivity contribution < 1.29 is 23.9 Å². The number of hydrogen-bond acceptors (Lipinski definition) is 9. The maximum Gasteiger partial charge on any atom is 0.414 e. The summed E-state index contributed by atoms with van der Waals surface area (Å²) in [6, 6.07) is 12.8. The number of nitriles is 1. The Labute approximate surface area is 247 Å². The molecule has 1 amide bonds.